The quantitative estimate of drug-likeness (QED) is 0.804. The first-order chi connectivity index (χ1) is 11.0. The lowest BCUT2D eigenvalue weighted by atomic mass is 9.91. The third kappa shape index (κ3) is 3.34. The molecule has 2 saturated heterocycles. The minimum atomic E-state index is -1.15. The summed E-state index contributed by atoms with van der Waals surface area (Å²) in [6.07, 6.45) is 5.45. The third-order valence-corrected chi connectivity index (χ3v) is 6.40. The molecular formula is C16H24N2O4S. The molecule has 1 aliphatic carbocycles. The molecule has 3 fully saturated rings. The second-order valence-electron chi connectivity index (χ2n) is 6.87. The first-order valence-electron chi connectivity index (χ1n) is 8.44. The normalized spacial score (nSPS) is 28.1. The van der Waals surface area contributed by atoms with Crippen LogP contribution < -0.4 is 5.32 Å². The van der Waals surface area contributed by atoms with Gasteiger partial charge in [0, 0.05) is 19.0 Å². The Hall–Kier alpha value is -1.24. The molecule has 3 aliphatic rings. The highest BCUT2D eigenvalue weighted by Gasteiger charge is 2.45. The Bertz CT molecular complexity index is 498. The van der Waals surface area contributed by atoms with Crippen molar-refractivity contribution in [3.8, 4) is 0 Å². The molecule has 0 unspecified atom stereocenters. The standard InChI is InChI=1S/C16H24N2O4S/c19-13-9-11(10-18(13)12-3-1-2-4-12)14(20)17-16(15(21)22)5-7-23-8-6-16/h11-12H,1-10H2,(H,17,20)(H,21,22)/t11-/m0/s1. The van der Waals surface area contributed by atoms with E-state index >= 15 is 0 Å². The van der Waals surface area contributed by atoms with Crippen LogP contribution in [0.15, 0.2) is 0 Å². The Balaban J connectivity index is 1.63. The fourth-order valence-electron chi connectivity index (χ4n) is 3.93. The minimum Gasteiger partial charge on any atom is -0.480 e. The Morgan fingerprint density at radius 2 is 1.87 bits per heavy atom. The van der Waals surface area contributed by atoms with Crippen molar-refractivity contribution >= 4 is 29.5 Å². The summed E-state index contributed by atoms with van der Waals surface area (Å²) in [7, 11) is 0. The number of carboxylic acids is 1. The van der Waals surface area contributed by atoms with Crippen LogP contribution in [0.25, 0.3) is 0 Å². The molecule has 6 nitrogen and oxygen atoms in total. The summed E-state index contributed by atoms with van der Waals surface area (Å²) in [4.78, 5) is 38.3. The average Bonchev–Trinajstić information content (AvgIpc) is 3.17. The van der Waals surface area contributed by atoms with Crippen LogP contribution in [-0.4, -0.2) is 57.4 Å². The van der Waals surface area contributed by atoms with Gasteiger partial charge in [-0.2, -0.15) is 11.8 Å². The maximum atomic E-state index is 12.6. The zero-order valence-corrected chi connectivity index (χ0v) is 14.1. The highest BCUT2D eigenvalue weighted by molar-refractivity contribution is 7.99. The molecule has 2 heterocycles. The molecule has 2 aliphatic heterocycles. The van der Waals surface area contributed by atoms with Gasteiger partial charge in [-0.15, -0.1) is 0 Å². The predicted octanol–water partition coefficient (Wildman–Crippen LogP) is 1.24. The smallest absolute Gasteiger partial charge is 0.329 e. The Morgan fingerprint density at radius 3 is 2.48 bits per heavy atom. The van der Waals surface area contributed by atoms with Gasteiger partial charge >= 0.3 is 5.97 Å². The van der Waals surface area contributed by atoms with Crippen molar-refractivity contribution in [2.24, 2.45) is 5.92 Å². The molecule has 7 heteroatoms. The largest absolute Gasteiger partial charge is 0.480 e. The molecule has 3 rings (SSSR count). The zero-order valence-electron chi connectivity index (χ0n) is 13.3. The summed E-state index contributed by atoms with van der Waals surface area (Å²) < 4.78 is 0. The van der Waals surface area contributed by atoms with Crippen molar-refractivity contribution in [2.75, 3.05) is 18.1 Å². The van der Waals surface area contributed by atoms with E-state index in [9.17, 15) is 19.5 Å². The van der Waals surface area contributed by atoms with Gasteiger partial charge in [-0.3, -0.25) is 9.59 Å². The first-order valence-corrected chi connectivity index (χ1v) is 9.60. The van der Waals surface area contributed by atoms with Crippen LogP contribution in [-0.2, 0) is 14.4 Å². The monoisotopic (exact) mass is 340 g/mol. The van der Waals surface area contributed by atoms with E-state index < -0.39 is 17.4 Å². The number of thioether (sulfide) groups is 1. The van der Waals surface area contributed by atoms with E-state index in [1.54, 1.807) is 11.8 Å². The number of likely N-dealkylation sites (tertiary alicyclic amines) is 1. The van der Waals surface area contributed by atoms with Crippen molar-refractivity contribution in [3.05, 3.63) is 0 Å². The highest BCUT2D eigenvalue weighted by atomic mass is 32.2. The number of carbonyl (C=O) groups excluding carboxylic acids is 2. The molecule has 23 heavy (non-hydrogen) atoms. The molecule has 0 aromatic rings. The number of carbonyl (C=O) groups is 3. The molecule has 1 saturated carbocycles. The Kier molecular flexibility index (Phi) is 4.85. The highest BCUT2D eigenvalue weighted by Crippen LogP contribution is 2.31. The molecule has 1 atom stereocenters. The summed E-state index contributed by atoms with van der Waals surface area (Å²) in [6, 6.07) is 0.278. The van der Waals surface area contributed by atoms with Crippen LogP contribution in [0.2, 0.25) is 0 Å². The van der Waals surface area contributed by atoms with Crippen molar-refractivity contribution in [1.82, 2.24) is 10.2 Å². The fraction of sp³-hybridized carbons (Fsp3) is 0.812. The van der Waals surface area contributed by atoms with Crippen LogP contribution in [0.5, 0.6) is 0 Å². The number of nitrogens with one attached hydrogen (secondary N) is 1. The maximum Gasteiger partial charge on any atom is 0.329 e. The van der Waals surface area contributed by atoms with Gasteiger partial charge in [0.2, 0.25) is 11.8 Å². The zero-order chi connectivity index (χ0) is 16.4. The molecule has 0 radical (unpaired) electrons. The SMILES string of the molecule is O=C(NC1(C(=O)O)CCSCC1)[C@H]1CC(=O)N(C2CCCC2)C1. The van der Waals surface area contributed by atoms with Crippen LogP contribution in [0.4, 0.5) is 0 Å². The number of hydrogen-bond donors (Lipinski definition) is 2. The van der Waals surface area contributed by atoms with E-state index in [1.807, 2.05) is 4.90 Å². The number of amides is 2. The van der Waals surface area contributed by atoms with Gasteiger partial charge in [0.15, 0.2) is 0 Å². The molecule has 0 aromatic heterocycles. The number of aliphatic carboxylic acids is 1. The molecule has 0 spiro atoms. The summed E-state index contributed by atoms with van der Waals surface area (Å²) >= 11 is 1.71. The minimum absolute atomic E-state index is 0.0422. The summed E-state index contributed by atoms with van der Waals surface area (Å²) in [5, 5.41) is 12.3. The summed E-state index contributed by atoms with van der Waals surface area (Å²) in [5.74, 6) is -0.111. The van der Waals surface area contributed by atoms with Gasteiger partial charge in [-0.25, -0.2) is 4.79 Å². The summed E-state index contributed by atoms with van der Waals surface area (Å²) in [5.41, 5.74) is -1.15. The van der Waals surface area contributed by atoms with E-state index in [-0.39, 0.29) is 24.3 Å². The molecule has 128 valence electrons. The van der Waals surface area contributed by atoms with E-state index in [2.05, 4.69) is 5.32 Å². The number of rotatable bonds is 4. The van der Waals surface area contributed by atoms with E-state index in [0.29, 0.717) is 19.4 Å². The lowest BCUT2D eigenvalue weighted by molar-refractivity contribution is -0.148. The van der Waals surface area contributed by atoms with Crippen LogP contribution in [0, 0.1) is 5.92 Å². The van der Waals surface area contributed by atoms with Gasteiger partial charge in [0.05, 0.1) is 5.92 Å². The first kappa shape index (κ1) is 16.6. The fourth-order valence-corrected chi connectivity index (χ4v) is 5.12. The van der Waals surface area contributed by atoms with Gasteiger partial charge in [0.25, 0.3) is 0 Å². The Morgan fingerprint density at radius 1 is 1.22 bits per heavy atom. The maximum absolute atomic E-state index is 12.6. The third-order valence-electron chi connectivity index (χ3n) is 5.41. The molecule has 0 aromatic carbocycles. The lowest BCUT2D eigenvalue weighted by Crippen LogP contribution is -2.58. The number of hydrogen-bond acceptors (Lipinski definition) is 4. The van der Waals surface area contributed by atoms with Crippen LogP contribution in [0.1, 0.15) is 44.9 Å². The predicted molar refractivity (Wildman–Crippen MR) is 87.1 cm³/mol. The van der Waals surface area contributed by atoms with Crippen LogP contribution in [0.3, 0.4) is 0 Å². The van der Waals surface area contributed by atoms with Gasteiger partial charge < -0.3 is 15.3 Å². The second-order valence-corrected chi connectivity index (χ2v) is 8.10. The van der Waals surface area contributed by atoms with Gasteiger partial charge in [-0.05, 0) is 37.2 Å². The molecule has 2 N–H and O–H groups in total. The second kappa shape index (κ2) is 6.71. The van der Waals surface area contributed by atoms with Gasteiger partial charge in [0.1, 0.15) is 5.54 Å². The van der Waals surface area contributed by atoms with Crippen molar-refractivity contribution in [1.29, 1.82) is 0 Å². The molecule has 0 bridgehead atoms. The van der Waals surface area contributed by atoms with E-state index in [4.69, 9.17) is 0 Å². The molecular weight excluding hydrogens is 316 g/mol. The van der Waals surface area contributed by atoms with Crippen molar-refractivity contribution in [3.63, 3.8) is 0 Å². The van der Waals surface area contributed by atoms with E-state index in [0.717, 1.165) is 37.2 Å². The average molecular weight is 340 g/mol. The number of nitrogens with zero attached hydrogens (tertiary/aromatic N) is 1. The van der Waals surface area contributed by atoms with E-state index in [1.165, 1.54) is 0 Å². The van der Waals surface area contributed by atoms with Gasteiger partial charge in [-0.1, -0.05) is 12.8 Å². The van der Waals surface area contributed by atoms with Crippen molar-refractivity contribution < 1.29 is 19.5 Å². The summed E-state index contributed by atoms with van der Waals surface area (Å²) in [6.45, 7) is 0.444. The molecule has 2 amide bonds. The lowest BCUT2D eigenvalue weighted by Gasteiger charge is -2.34. The van der Waals surface area contributed by atoms with Crippen LogP contribution >= 0.6 is 11.8 Å². The topological polar surface area (TPSA) is 86.7 Å². The Labute approximate surface area is 140 Å². The van der Waals surface area contributed by atoms with Crippen molar-refractivity contribution in [2.45, 2.75) is 56.5 Å². The number of carboxylic acid groups (broad SMARTS) is 1.